The molecule has 3 rings (SSSR count). The number of ether oxygens (including phenoxy) is 1. The van der Waals surface area contributed by atoms with Gasteiger partial charge in [0, 0.05) is 6.92 Å². The number of carbonyl (C=O) groups is 3. The monoisotopic (exact) mass is 301 g/mol. The Bertz CT molecular complexity index is 622. The lowest BCUT2D eigenvalue weighted by atomic mass is 9.76. The van der Waals surface area contributed by atoms with Gasteiger partial charge in [-0.25, -0.2) is 0 Å². The molecule has 0 radical (unpaired) electrons. The zero-order chi connectivity index (χ0) is 15.9. The number of esters is 1. The largest absolute Gasteiger partial charge is 0.427 e. The summed E-state index contributed by atoms with van der Waals surface area (Å²) >= 11 is 0. The SMILES string of the molecule is CC(=O)Oc1ccc(N2C(=O)[C@H]3CC[C@@H](C)C[C@H]3C2=O)cc1. The molecule has 0 aromatic heterocycles. The van der Waals surface area contributed by atoms with E-state index < -0.39 is 5.97 Å². The number of fused-ring (bicyclic) bond motifs is 1. The topological polar surface area (TPSA) is 63.7 Å². The number of imide groups is 1. The van der Waals surface area contributed by atoms with Gasteiger partial charge >= 0.3 is 5.97 Å². The number of benzene rings is 1. The van der Waals surface area contributed by atoms with Crippen LogP contribution in [0.4, 0.5) is 5.69 Å². The van der Waals surface area contributed by atoms with Crippen molar-refractivity contribution in [3.8, 4) is 5.75 Å². The van der Waals surface area contributed by atoms with Gasteiger partial charge in [-0.15, -0.1) is 0 Å². The van der Waals surface area contributed by atoms with Crippen LogP contribution in [-0.2, 0) is 14.4 Å². The van der Waals surface area contributed by atoms with Crippen molar-refractivity contribution in [2.75, 3.05) is 4.90 Å². The van der Waals surface area contributed by atoms with E-state index in [1.807, 2.05) is 0 Å². The van der Waals surface area contributed by atoms with Gasteiger partial charge in [-0.3, -0.25) is 19.3 Å². The van der Waals surface area contributed by atoms with E-state index in [4.69, 9.17) is 4.74 Å². The van der Waals surface area contributed by atoms with Crippen molar-refractivity contribution >= 4 is 23.5 Å². The van der Waals surface area contributed by atoms with E-state index >= 15 is 0 Å². The molecule has 2 aliphatic rings. The van der Waals surface area contributed by atoms with Crippen molar-refractivity contribution in [3.63, 3.8) is 0 Å². The standard InChI is InChI=1S/C17H19NO4/c1-10-3-8-14-15(9-10)17(21)18(16(14)20)12-4-6-13(7-5-12)22-11(2)19/h4-7,10,14-15H,3,8-9H2,1-2H3/t10-,14+,15-/m1/s1. The predicted octanol–water partition coefficient (Wildman–Crippen LogP) is 2.54. The number of hydrogen-bond acceptors (Lipinski definition) is 4. The third-order valence-electron chi connectivity index (χ3n) is 4.54. The molecular formula is C17H19NO4. The molecule has 1 aromatic rings. The number of hydrogen-bond donors (Lipinski definition) is 0. The Balaban J connectivity index is 1.83. The van der Waals surface area contributed by atoms with E-state index in [-0.39, 0.29) is 23.7 Å². The highest BCUT2D eigenvalue weighted by molar-refractivity contribution is 6.22. The van der Waals surface area contributed by atoms with Crippen molar-refractivity contribution in [3.05, 3.63) is 24.3 Å². The molecule has 22 heavy (non-hydrogen) atoms. The molecule has 0 bridgehead atoms. The Morgan fingerprint density at radius 3 is 2.36 bits per heavy atom. The van der Waals surface area contributed by atoms with Crippen LogP contribution in [0, 0.1) is 17.8 Å². The quantitative estimate of drug-likeness (QED) is 0.478. The molecule has 2 amide bonds. The maximum Gasteiger partial charge on any atom is 0.308 e. The fraction of sp³-hybridized carbons (Fsp3) is 0.471. The molecule has 0 unspecified atom stereocenters. The molecular weight excluding hydrogens is 282 g/mol. The van der Waals surface area contributed by atoms with Crippen LogP contribution in [0.5, 0.6) is 5.75 Å². The van der Waals surface area contributed by atoms with Crippen LogP contribution < -0.4 is 9.64 Å². The van der Waals surface area contributed by atoms with E-state index in [1.165, 1.54) is 11.8 Å². The highest BCUT2D eigenvalue weighted by atomic mass is 16.5. The van der Waals surface area contributed by atoms with Gasteiger partial charge in [0.25, 0.3) is 0 Å². The van der Waals surface area contributed by atoms with E-state index in [2.05, 4.69) is 6.92 Å². The Morgan fingerprint density at radius 1 is 1.09 bits per heavy atom. The maximum atomic E-state index is 12.6. The van der Waals surface area contributed by atoms with Crippen LogP contribution in [-0.4, -0.2) is 17.8 Å². The Kier molecular flexibility index (Phi) is 3.72. The zero-order valence-electron chi connectivity index (χ0n) is 12.7. The first kappa shape index (κ1) is 14.8. The summed E-state index contributed by atoms with van der Waals surface area (Å²) in [5.74, 6) is -0.0445. The van der Waals surface area contributed by atoms with Crippen LogP contribution in [0.1, 0.15) is 33.1 Å². The summed E-state index contributed by atoms with van der Waals surface area (Å²) in [6.07, 6.45) is 2.58. The molecule has 1 heterocycles. The van der Waals surface area contributed by atoms with E-state index in [0.717, 1.165) is 19.3 Å². The van der Waals surface area contributed by atoms with E-state index in [9.17, 15) is 14.4 Å². The van der Waals surface area contributed by atoms with Gasteiger partial charge in [0.05, 0.1) is 17.5 Å². The van der Waals surface area contributed by atoms with Gasteiger partial charge in [-0.2, -0.15) is 0 Å². The van der Waals surface area contributed by atoms with Crippen LogP contribution >= 0.6 is 0 Å². The first-order valence-corrected chi connectivity index (χ1v) is 7.63. The summed E-state index contributed by atoms with van der Waals surface area (Å²) in [6, 6.07) is 6.49. The third kappa shape index (κ3) is 2.51. The van der Waals surface area contributed by atoms with Crippen LogP contribution in [0.15, 0.2) is 24.3 Å². The first-order valence-electron chi connectivity index (χ1n) is 7.63. The minimum atomic E-state index is -0.402. The summed E-state index contributed by atoms with van der Waals surface area (Å²) in [5.41, 5.74) is 0.549. The lowest BCUT2D eigenvalue weighted by Crippen LogP contribution is -2.30. The molecule has 0 N–H and O–H groups in total. The second kappa shape index (κ2) is 5.55. The summed E-state index contributed by atoms with van der Waals surface area (Å²) in [7, 11) is 0. The first-order chi connectivity index (χ1) is 10.5. The van der Waals surface area contributed by atoms with Gasteiger partial charge in [0.2, 0.25) is 11.8 Å². The normalized spacial score (nSPS) is 27.7. The summed E-state index contributed by atoms with van der Waals surface area (Å²) in [6.45, 7) is 3.46. The minimum absolute atomic E-state index is 0.0952. The Hall–Kier alpha value is -2.17. The van der Waals surface area contributed by atoms with Gasteiger partial charge in [0.1, 0.15) is 5.75 Å². The number of anilines is 1. The Labute approximate surface area is 129 Å². The fourth-order valence-electron chi connectivity index (χ4n) is 3.47. The lowest BCUT2D eigenvalue weighted by Gasteiger charge is -2.25. The second-order valence-electron chi connectivity index (χ2n) is 6.23. The molecule has 5 nitrogen and oxygen atoms in total. The average molecular weight is 301 g/mol. The van der Waals surface area contributed by atoms with Crippen molar-refractivity contribution in [1.82, 2.24) is 0 Å². The minimum Gasteiger partial charge on any atom is -0.427 e. The molecule has 1 saturated heterocycles. The van der Waals surface area contributed by atoms with Gasteiger partial charge < -0.3 is 4.74 Å². The zero-order valence-corrected chi connectivity index (χ0v) is 12.7. The van der Waals surface area contributed by atoms with Crippen molar-refractivity contribution in [2.45, 2.75) is 33.1 Å². The highest BCUT2D eigenvalue weighted by Crippen LogP contribution is 2.42. The maximum absolute atomic E-state index is 12.6. The molecule has 1 aliphatic heterocycles. The van der Waals surface area contributed by atoms with Gasteiger partial charge in [-0.05, 0) is 49.4 Å². The van der Waals surface area contributed by atoms with Crippen LogP contribution in [0.3, 0.4) is 0 Å². The van der Waals surface area contributed by atoms with Crippen molar-refractivity contribution in [1.29, 1.82) is 0 Å². The third-order valence-corrected chi connectivity index (χ3v) is 4.54. The molecule has 5 heteroatoms. The van der Waals surface area contributed by atoms with Crippen molar-refractivity contribution in [2.24, 2.45) is 17.8 Å². The van der Waals surface area contributed by atoms with E-state index in [0.29, 0.717) is 17.4 Å². The van der Waals surface area contributed by atoms with Crippen LogP contribution in [0.2, 0.25) is 0 Å². The van der Waals surface area contributed by atoms with Crippen molar-refractivity contribution < 1.29 is 19.1 Å². The summed E-state index contributed by atoms with van der Waals surface area (Å²) in [5, 5.41) is 0. The number of rotatable bonds is 2. The predicted molar refractivity (Wildman–Crippen MR) is 80.2 cm³/mol. The average Bonchev–Trinajstić information content (AvgIpc) is 2.71. The summed E-state index contributed by atoms with van der Waals surface area (Å²) < 4.78 is 4.97. The smallest absolute Gasteiger partial charge is 0.308 e. The highest BCUT2D eigenvalue weighted by Gasteiger charge is 2.49. The number of nitrogens with zero attached hydrogens (tertiary/aromatic N) is 1. The Morgan fingerprint density at radius 2 is 1.73 bits per heavy atom. The van der Waals surface area contributed by atoms with Crippen LogP contribution in [0.25, 0.3) is 0 Å². The molecule has 116 valence electrons. The van der Waals surface area contributed by atoms with Gasteiger partial charge in [-0.1, -0.05) is 6.92 Å². The molecule has 2 fully saturated rings. The number of amides is 2. The molecule has 1 saturated carbocycles. The molecule has 0 spiro atoms. The second-order valence-corrected chi connectivity index (χ2v) is 6.23. The molecule has 3 atom stereocenters. The van der Waals surface area contributed by atoms with E-state index in [1.54, 1.807) is 24.3 Å². The fourth-order valence-corrected chi connectivity index (χ4v) is 3.47. The lowest BCUT2D eigenvalue weighted by molar-refractivity contribution is -0.132. The molecule has 1 aromatic carbocycles. The molecule has 1 aliphatic carbocycles. The van der Waals surface area contributed by atoms with Gasteiger partial charge in [0.15, 0.2) is 0 Å². The summed E-state index contributed by atoms with van der Waals surface area (Å²) in [4.78, 5) is 37.3. The number of carbonyl (C=O) groups excluding carboxylic acids is 3.